The van der Waals surface area contributed by atoms with Gasteiger partial charge in [-0.3, -0.25) is 18.9 Å². The van der Waals surface area contributed by atoms with Crippen molar-refractivity contribution in [1.82, 2.24) is 0 Å². The highest BCUT2D eigenvalue weighted by atomic mass is 31.2. The lowest BCUT2D eigenvalue weighted by molar-refractivity contribution is -0.870. The molecule has 0 radical (unpaired) electrons. The Bertz CT molecular complexity index is 1170. The third kappa shape index (κ3) is 34.4. The smallest absolute Gasteiger partial charge is 0.306 e. The summed E-state index contributed by atoms with van der Waals surface area (Å²) in [7, 11) is 0.979. The van der Waals surface area contributed by atoms with Crippen molar-refractivity contribution in [2.24, 2.45) is 11.8 Å². The second kappa shape index (κ2) is 34.6. The summed E-state index contributed by atoms with van der Waals surface area (Å²) in [6, 6.07) is 0. The summed E-state index contributed by atoms with van der Waals surface area (Å²) < 4.78 is 33.7. The number of carbonyl (C=O) groups excluding carboxylic acids is 4. The van der Waals surface area contributed by atoms with Crippen molar-refractivity contribution in [1.29, 1.82) is 0 Å². The van der Waals surface area contributed by atoms with E-state index in [0.717, 1.165) is 44.8 Å². The second-order valence-corrected chi connectivity index (χ2v) is 17.8. The number of nitrogens with zero attached hydrogens (tertiary/aromatic N) is 1. The number of esters is 2. The van der Waals surface area contributed by atoms with E-state index in [1.807, 2.05) is 27.2 Å². The first kappa shape index (κ1) is 54.8. The first-order valence-corrected chi connectivity index (χ1v) is 23.3. The van der Waals surface area contributed by atoms with Gasteiger partial charge in [0.15, 0.2) is 6.10 Å². The monoisotopic (exact) mass is 830 g/mol. The van der Waals surface area contributed by atoms with Gasteiger partial charge < -0.3 is 37.8 Å². The highest BCUT2D eigenvalue weighted by Gasteiger charge is 2.23. The lowest BCUT2D eigenvalue weighted by atomic mass is 9.86. The van der Waals surface area contributed by atoms with Crippen LogP contribution in [0.3, 0.4) is 0 Å². The molecule has 0 bridgehead atoms. The maximum atomic E-state index is 12.7. The van der Waals surface area contributed by atoms with Crippen molar-refractivity contribution in [3.8, 4) is 0 Å². The maximum Gasteiger partial charge on any atom is 0.306 e. The summed E-state index contributed by atoms with van der Waals surface area (Å²) in [6.07, 6.45) is 26.2. The number of likely N-dealkylation sites (N-methyl/N-ethyl adjacent to an activating group) is 1. The van der Waals surface area contributed by atoms with E-state index in [-0.39, 0.29) is 31.8 Å². The van der Waals surface area contributed by atoms with Crippen LogP contribution in [0.5, 0.6) is 0 Å². The quantitative estimate of drug-likeness (QED) is 0.0157. The Labute approximate surface area is 345 Å². The number of phosphoric acid groups is 1. The molecule has 0 saturated heterocycles. The molecule has 13 heteroatoms. The molecule has 0 aliphatic rings. The largest absolute Gasteiger partial charge is 0.756 e. The number of hydrogen-bond donors (Lipinski definition) is 1. The van der Waals surface area contributed by atoms with E-state index in [1.54, 1.807) is 18.2 Å². The van der Waals surface area contributed by atoms with Gasteiger partial charge in [-0.05, 0) is 39.0 Å². The predicted octanol–water partition coefficient (Wildman–Crippen LogP) is 8.76. The van der Waals surface area contributed by atoms with Gasteiger partial charge >= 0.3 is 11.9 Å². The molecule has 0 aliphatic heterocycles. The number of unbranched alkanes of at least 4 members (excludes halogenated alkanes) is 15. The Balaban J connectivity index is 4.87. The van der Waals surface area contributed by atoms with Crippen LogP contribution in [0.4, 0.5) is 0 Å². The lowest BCUT2D eigenvalue weighted by Gasteiger charge is -2.28. The third-order valence-electron chi connectivity index (χ3n) is 9.72. The first-order valence-electron chi connectivity index (χ1n) is 21.9. The van der Waals surface area contributed by atoms with Gasteiger partial charge in [0.1, 0.15) is 31.8 Å². The molecule has 0 aromatic rings. The molecule has 0 fully saturated rings. The average molecular weight is 830 g/mol. The van der Waals surface area contributed by atoms with E-state index < -0.39 is 50.4 Å². The minimum Gasteiger partial charge on any atom is -0.756 e. The van der Waals surface area contributed by atoms with E-state index in [1.165, 1.54) is 64.7 Å². The number of aliphatic hydroxyl groups excluding tert-OH is 1. The molecule has 4 unspecified atom stereocenters. The van der Waals surface area contributed by atoms with E-state index >= 15 is 0 Å². The summed E-state index contributed by atoms with van der Waals surface area (Å²) in [5.74, 6) is -2.44. The number of aldehydes is 1. The molecule has 1 N–H and O–H groups in total. The van der Waals surface area contributed by atoms with Crippen LogP contribution in [0.25, 0.3) is 0 Å². The predicted molar refractivity (Wildman–Crippen MR) is 224 cm³/mol. The number of carbonyl (C=O) groups is 4. The van der Waals surface area contributed by atoms with Gasteiger partial charge in [0.25, 0.3) is 7.82 Å². The van der Waals surface area contributed by atoms with Gasteiger partial charge in [0.2, 0.25) is 0 Å². The van der Waals surface area contributed by atoms with Gasteiger partial charge in [-0.2, -0.15) is 0 Å². The second-order valence-electron chi connectivity index (χ2n) is 16.4. The van der Waals surface area contributed by atoms with Crippen LogP contribution in [0.2, 0.25) is 0 Å². The summed E-state index contributed by atoms with van der Waals surface area (Å²) in [6.45, 7) is 5.18. The molecule has 332 valence electrons. The number of rotatable bonds is 39. The van der Waals surface area contributed by atoms with E-state index in [4.69, 9.17) is 18.5 Å². The van der Waals surface area contributed by atoms with Crippen LogP contribution < -0.4 is 4.89 Å². The van der Waals surface area contributed by atoms with Crippen LogP contribution in [-0.2, 0) is 42.3 Å². The molecule has 0 amide bonds. The van der Waals surface area contributed by atoms with Crippen LogP contribution in [0, 0.1) is 11.8 Å². The zero-order valence-corrected chi connectivity index (χ0v) is 37.4. The Hall–Kier alpha value is -2.21. The molecule has 0 saturated carbocycles. The standard InChI is InChI=1S/C44H80NO11P/c1-7-9-11-12-13-14-15-16-17-18-19-20-25-29-43(49)53-36-41(37-55-57(51,52)54-34-33-45(4,5)6)56-44(50)30-26-22-21-24-27-39(35-46)42(38(3)47)32-31-40(48)28-23-10-8-2/h21,24,31-32,35,39-42,48H,7-20,22-23,25-30,33-34,36-37H2,1-6H3/b24-21-,32-31+/t39?,40?,41-,42?/m1/s1. The molecule has 12 nitrogen and oxygen atoms in total. The van der Waals surface area contributed by atoms with Crippen LogP contribution in [-0.4, -0.2) is 93.3 Å². The molecular weight excluding hydrogens is 749 g/mol. The topological polar surface area (TPSA) is 166 Å². The van der Waals surface area contributed by atoms with Crippen molar-refractivity contribution in [2.45, 2.75) is 174 Å². The average Bonchev–Trinajstić information content (AvgIpc) is 3.14. The molecule has 0 spiro atoms. The molecule has 57 heavy (non-hydrogen) atoms. The van der Waals surface area contributed by atoms with Crippen LogP contribution >= 0.6 is 7.82 Å². The Morgan fingerprint density at radius 3 is 1.86 bits per heavy atom. The number of ketones is 1. The van der Waals surface area contributed by atoms with Gasteiger partial charge in [0, 0.05) is 24.7 Å². The Morgan fingerprint density at radius 2 is 1.30 bits per heavy atom. The minimum absolute atomic E-state index is 0.00855. The lowest BCUT2D eigenvalue weighted by Crippen LogP contribution is -2.37. The zero-order chi connectivity index (χ0) is 42.8. The molecule has 0 rings (SSSR count). The fourth-order valence-corrected chi connectivity index (χ4v) is 6.82. The number of Topliss-reactive ketones (excluding diaryl/α,β-unsaturated/α-hetero) is 1. The number of phosphoric ester groups is 1. The van der Waals surface area contributed by atoms with Gasteiger partial charge in [-0.15, -0.1) is 0 Å². The van der Waals surface area contributed by atoms with Gasteiger partial charge in [0.05, 0.1) is 33.9 Å². The minimum atomic E-state index is -4.70. The van der Waals surface area contributed by atoms with E-state index in [2.05, 4.69) is 13.8 Å². The van der Waals surface area contributed by atoms with Gasteiger partial charge in [-0.25, -0.2) is 0 Å². The number of quaternary nitrogens is 1. The highest BCUT2D eigenvalue weighted by Crippen LogP contribution is 2.38. The molecule has 0 heterocycles. The Kier molecular flexibility index (Phi) is 33.3. The number of aliphatic hydroxyl groups is 1. The fraction of sp³-hybridized carbons (Fsp3) is 0.818. The van der Waals surface area contributed by atoms with E-state index in [0.29, 0.717) is 43.1 Å². The van der Waals surface area contributed by atoms with Crippen molar-refractivity contribution in [3.05, 3.63) is 24.3 Å². The molecule has 5 atom stereocenters. The summed E-state index contributed by atoms with van der Waals surface area (Å²) in [5, 5.41) is 10.2. The number of allylic oxidation sites excluding steroid dienone is 3. The summed E-state index contributed by atoms with van der Waals surface area (Å²) >= 11 is 0. The first-order chi connectivity index (χ1) is 27.1. The van der Waals surface area contributed by atoms with Gasteiger partial charge in [-0.1, -0.05) is 134 Å². The number of hydrogen-bond acceptors (Lipinski definition) is 11. The summed E-state index contributed by atoms with van der Waals surface area (Å²) in [5.41, 5.74) is 0. The molecular formula is C44H80NO11P. The van der Waals surface area contributed by atoms with Crippen molar-refractivity contribution < 1.29 is 56.7 Å². The molecule has 0 aromatic carbocycles. The summed E-state index contributed by atoms with van der Waals surface area (Å²) in [4.78, 5) is 61.8. The SMILES string of the molecule is CCCCCCCCCCCCCCCC(=O)OC[C@H](COP(=O)([O-])OCC[N+](C)(C)C)OC(=O)CCC/C=C\CC(C=O)C(/C=C/C(O)CCCCC)C(C)=O. The third-order valence-corrected chi connectivity index (χ3v) is 10.7. The normalized spacial score (nSPS) is 15.3. The maximum absolute atomic E-state index is 12.7. The van der Waals surface area contributed by atoms with Crippen molar-refractivity contribution in [2.75, 3.05) is 47.5 Å². The van der Waals surface area contributed by atoms with Crippen molar-refractivity contribution in [3.63, 3.8) is 0 Å². The Morgan fingerprint density at radius 1 is 0.737 bits per heavy atom. The number of ether oxygens (including phenoxy) is 2. The van der Waals surface area contributed by atoms with Crippen LogP contribution in [0.15, 0.2) is 24.3 Å². The zero-order valence-electron chi connectivity index (χ0n) is 36.5. The van der Waals surface area contributed by atoms with Crippen LogP contribution in [0.1, 0.15) is 162 Å². The molecule has 0 aliphatic carbocycles. The highest BCUT2D eigenvalue weighted by molar-refractivity contribution is 7.45. The fourth-order valence-electron chi connectivity index (χ4n) is 6.09. The van der Waals surface area contributed by atoms with E-state index in [9.17, 15) is 33.7 Å². The van der Waals surface area contributed by atoms with Crippen molar-refractivity contribution >= 4 is 31.8 Å². The molecule has 0 aromatic heterocycles.